The highest BCUT2D eigenvalue weighted by molar-refractivity contribution is 5.74. The Balaban J connectivity index is 1.86. The predicted molar refractivity (Wildman–Crippen MR) is 92.8 cm³/mol. The third-order valence-corrected chi connectivity index (χ3v) is 3.63. The Labute approximate surface area is 144 Å². The summed E-state index contributed by atoms with van der Waals surface area (Å²) in [5.74, 6) is 1.56. The lowest BCUT2D eigenvalue weighted by Gasteiger charge is -2.19. The molecule has 0 fully saturated rings. The van der Waals surface area contributed by atoms with Gasteiger partial charge in [0.05, 0.1) is 4.92 Å². The Kier molecular flexibility index (Phi) is 5.12. The Morgan fingerprint density at radius 2 is 1.96 bits per heavy atom. The van der Waals surface area contributed by atoms with Gasteiger partial charge in [-0.2, -0.15) is 0 Å². The Morgan fingerprint density at radius 1 is 1.20 bits per heavy atom. The van der Waals surface area contributed by atoms with Gasteiger partial charge >= 0.3 is 5.69 Å². The summed E-state index contributed by atoms with van der Waals surface area (Å²) >= 11 is 0. The molecule has 1 aliphatic rings. The summed E-state index contributed by atoms with van der Waals surface area (Å²) in [6, 6.07) is 5.23. The molecule has 1 aliphatic heterocycles. The van der Waals surface area contributed by atoms with Crippen molar-refractivity contribution in [3.8, 4) is 11.5 Å². The van der Waals surface area contributed by atoms with Gasteiger partial charge in [0.2, 0.25) is 11.6 Å². The summed E-state index contributed by atoms with van der Waals surface area (Å²) in [5, 5.41) is 17.5. The van der Waals surface area contributed by atoms with E-state index in [0.717, 1.165) is 12.8 Å². The first kappa shape index (κ1) is 16.7. The molecule has 1 aromatic heterocycles. The number of unbranched alkanes of at least 4 members (excludes halogenated alkanes) is 1. The van der Waals surface area contributed by atoms with Crippen LogP contribution in [0.4, 0.5) is 23.0 Å². The maximum atomic E-state index is 11.5. The smallest absolute Gasteiger partial charge is 0.353 e. The van der Waals surface area contributed by atoms with Crippen molar-refractivity contribution in [2.75, 3.05) is 30.4 Å². The van der Waals surface area contributed by atoms with Crippen molar-refractivity contribution in [1.82, 2.24) is 9.97 Å². The van der Waals surface area contributed by atoms with Gasteiger partial charge in [0, 0.05) is 18.3 Å². The quantitative estimate of drug-likeness (QED) is 0.447. The number of nitrogens with zero attached hydrogens (tertiary/aromatic N) is 3. The highest BCUT2D eigenvalue weighted by atomic mass is 16.6. The second kappa shape index (κ2) is 7.65. The lowest BCUT2D eigenvalue weighted by molar-refractivity contribution is -0.383. The molecular formula is C16H19N5O4. The van der Waals surface area contributed by atoms with E-state index in [1.807, 2.05) is 6.92 Å². The van der Waals surface area contributed by atoms with Gasteiger partial charge in [0.1, 0.15) is 19.5 Å². The van der Waals surface area contributed by atoms with Crippen molar-refractivity contribution in [2.24, 2.45) is 0 Å². The van der Waals surface area contributed by atoms with Gasteiger partial charge in [-0.15, -0.1) is 0 Å². The van der Waals surface area contributed by atoms with Gasteiger partial charge < -0.3 is 20.1 Å². The molecule has 9 heteroatoms. The van der Waals surface area contributed by atoms with E-state index in [-0.39, 0.29) is 17.3 Å². The highest BCUT2D eigenvalue weighted by Gasteiger charge is 2.23. The normalized spacial score (nSPS) is 12.5. The maximum absolute atomic E-state index is 11.5. The van der Waals surface area contributed by atoms with Crippen molar-refractivity contribution in [2.45, 2.75) is 19.8 Å². The van der Waals surface area contributed by atoms with Crippen LogP contribution in [0.2, 0.25) is 0 Å². The SMILES string of the molecule is CCCCNc1ncnc(Nc2ccc3c(c2)OCCO3)c1[N+](=O)[O-]. The number of rotatable bonds is 7. The van der Waals surface area contributed by atoms with Crippen LogP contribution in [0.15, 0.2) is 24.5 Å². The zero-order valence-electron chi connectivity index (χ0n) is 13.8. The average Bonchev–Trinajstić information content (AvgIpc) is 2.62. The molecule has 9 nitrogen and oxygen atoms in total. The predicted octanol–water partition coefficient (Wildman–Crippen LogP) is 3.11. The van der Waals surface area contributed by atoms with Crippen LogP contribution in [0.3, 0.4) is 0 Å². The molecule has 0 spiro atoms. The van der Waals surface area contributed by atoms with Crippen LogP contribution in [0, 0.1) is 10.1 Å². The van der Waals surface area contributed by atoms with Gasteiger partial charge in [-0.3, -0.25) is 10.1 Å². The molecule has 3 rings (SSSR count). The van der Waals surface area contributed by atoms with E-state index in [2.05, 4.69) is 20.6 Å². The lowest BCUT2D eigenvalue weighted by atomic mass is 10.2. The second-order valence-electron chi connectivity index (χ2n) is 5.44. The number of hydrogen-bond acceptors (Lipinski definition) is 8. The summed E-state index contributed by atoms with van der Waals surface area (Å²) < 4.78 is 11.0. The van der Waals surface area contributed by atoms with Gasteiger partial charge in [0.25, 0.3) is 0 Å². The number of ether oxygens (including phenoxy) is 2. The van der Waals surface area contributed by atoms with Crippen LogP contribution in [0.5, 0.6) is 11.5 Å². The summed E-state index contributed by atoms with van der Waals surface area (Å²) in [5.41, 5.74) is 0.430. The third kappa shape index (κ3) is 3.87. The molecule has 132 valence electrons. The number of hydrogen-bond donors (Lipinski definition) is 2. The first-order valence-corrected chi connectivity index (χ1v) is 8.09. The fraction of sp³-hybridized carbons (Fsp3) is 0.375. The standard InChI is InChI=1S/C16H19N5O4/c1-2-3-6-17-15-14(21(22)23)16(19-10-18-15)20-11-4-5-12-13(9-11)25-8-7-24-12/h4-5,9-10H,2-3,6-8H2,1H3,(H2,17,18,19,20). The molecule has 0 saturated carbocycles. The monoisotopic (exact) mass is 345 g/mol. The molecule has 2 aromatic rings. The Hall–Kier alpha value is -3.10. The molecule has 2 heterocycles. The fourth-order valence-electron chi connectivity index (χ4n) is 2.41. The van der Waals surface area contributed by atoms with E-state index in [9.17, 15) is 10.1 Å². The summed E-state index contributed by atoms with van der Waals surface area (Å²) in [6.07, 6.45) is 3.17. The first-order chi connectivity index (χ1) is 12.2. The Bertz CT molecular complexity index is 768. The minimum atomic E-state index is -0.491. The number of fused-ring (bicyclic) bond motifs is 1. The maximum Gasteiger partial charge on any atom is 0.353 e. The van der Waals surface area contributed by atoms with Crippen LogP contribution in [0.25, 0.3) is 0 Å². The van der Waals surface area contributed by atoms with E-state index < -0.39 is 4.92 Å². The number of anilines is 3. The molecule has 0 saturated heterocycles. The van der Waals surface area contributed by atoms with Gasteiger partial charge in [-0.1, -0.05) is 13.3 Å². The van der Waals surface area contributed by atoms with Crippen LogP contribution in [-0.2, 0) is 0 Å². The number of benzene rings is 1. The van der Waals surface area contributed by atoms with Crippen molar-refractivity contribution in [3.05, 3.63) is 34.6 Å². The van der Waals surface area contributed by atoms with Gasteiger partial charge in [0.15, 0.2) is 11.5 Å². The highest BCUT2D eigenvalue weighted by Crippen LogP contribution is 2.36. The first-order valence-electron chi connectivity index (χ1n) is 8.09. The molecule has 2 N–H and O–H groups in total. The van der Waals surface area contributed by atoms with Gasteiger partial charge in [-0.25, -0.2) is 9.97 Å². The van der Waals surface area contributed by atoms with Crippen LogP contribution >= 0.6 is 0 Å². The summed E-state index contributed by atoms with van der Waals surface area (Å²) in [7, 11) is 0. The van der Waals surface area contributed by atoms with E-state index in [0.29, 0.717) is 36.9 Å². The molecule has 25 heavy (non-hydrogen) atoms. The van der Waals surface area contributed by atoms with Gasteiger partial charge in [-0.05, 0) is 18.6 Å². The Morgan fingerprint density at radius 3 is 2.72 bits per heavy atom. The zero-order valence-corrected chi connectivity index (χ0v) is 13.8. The number of aromatic nitrogens is 2. The van der Waals surface area contributed by atoms with Crippen molar-refractivity contribution in [1.29, 1.82) is 0 Å². The number of nitrogens with one attached hydrogen (secondary N) is 2. The number of nitro groups is 1. The molecule has 0 radical (unpaired) electrons. The van der Waals surface area contributed by atoms with Crippen molar-refractivity contribution in [3.63, 3.8) is 0 Å². The fourth-order valence-corrected chi connectivity index (χ4v) is 2.41. The largest absolute Gasteiger partial charge is 0.486 e. The third-order valence-electron chi connectivity index (χ3n) is 3.63. The molecular weight excluding hydrogens is 326 g/mol. The van der Waals surface area contributed by atoms with Crippen LogP contribution in [-0.4, -0.2) is 34.6 Å². The van der Waals surface area contributed by atoms with E-state index >= 15 is 0 Å². The van der Waals surface area contributed by atoms with E-state index in [4.69, 9.17) is 9.47 Å². The lowest BCUT2D eigenvalue weighted by Crippen LogP contribution is -2.15. The molecule has 0 amide bonds. The van der Waals surface area contributed by atoms with Crippen LogP contribution in [0.1, 0.15) is 19.8 Å². The van der Waals surface area contributed by atoms with Crippen LogP contribution < -0.4 is 20.1 Å². The molecule has 0 atom stereocenters. The minimum Gasteiger partial charge on any atom is -0.486 e. The molecule has 0 unspecified atom stereocenters. The van der Waals surface area contributed by atoms with E-state index in [1.54, 1.807) is 18.2 Å². The van der Waals surface area contributed by atoms with Crippen molar-refractivity contribution >= 4 is 23.0 Å². The molecule has 0 aliphatic carbocycles. The average molecular weight is 345 g/mol. The summed E-state index contributed by atoms with van der Waals surface area (Å²) in [4.78, 5) is 19.0. The zero-order chi connectivity index (χ0) is 17.6. The molecule has 0 bridgehead atoms. The van der Waals surface area contributed by atoms with E-state index in [1.165, 1.54) is 6.33 Å². The second-order valence-corrected chi connectivity index (χ2v) is 5.44. The minimum absolute atomic E-state index is 0.121. The van der Waals surface area contributed by atoms with Crippen molar-refractivity contribution < 1.29 is 14.4 Å². The summed E-state index contributed by atoms with van der Waals surface area (Å²) in [6.45, 7) is 3.63. The molecule has 1 aromatic carbocycles. The topological polar surface area (TPSA) is 111 Å².